The predicted molar refractivity (Wildman–Crippen MR) is 83.5 cm³/mol. The van der Waals surface area contributed by atoms with Gasteiger partial charge in [0.1, 0.15) is 0 Å². The van der Waals surface area contributed by atoms with E-state index in [2.05, 4.69) is 37.9 Å². The molecule has 2 atom stereocenters. The number of nitrogens with one attached hydrogen (secondary N) is 1. The highest BCUT2D eigenvalue weighted by Gasteiger charge is 2.33. The molecule has 1 aliphatic carbocycles. The summed E-state index contributed by atoms with van der Waals surface area (Å²) in [7, 11) is 0. The molecule has 2 unspecified atom stereocenters. The molecule has 2 nitrogen and oxygen atoms in total. The van der Waals surface area contributed by atoms with Gasteiger partial charge in [0.2, 0.25) is 0 Å². The van der Waals surface area contributed by atoms with E-state index in [0.717, 1.165) is 18.0 Å². The standard InChI is InChI=1S/C17H34N2/c1-5-11-18-16-8-12-19(13-14(16)2)15-6-9-17(3,4)10-7-15/h14-16,18H,5-13H2,1-4H3. The molecule has 1 heterocycles. The Morgan fingerprint density at radius 2 is 1.84 bits per heavy atom. The Morgan fingerprint density at radius 1 is 1.16 bits per heavy atom. The molecule has 0 aromatic carbocycles. The van der Waals surface area contributed by atoms with E-state index in [1.807, 2.05) is 0 Å². The second-order valence-corrected chi connectivity index (χ2v) is 7.72. The molecule has 0 aromatic heterocycles. The Hall–Kier alpha value is -0.0800. The number of nitrogens with zero attached hydrogens (tertiary/aromatic N) is 1. The van der Waals surface area contributed by atoms with Gasteiger partial charge in [0.15, 0.2) is 0 Å². The molecule has 1 aliphatic heterocycles. The lowest BCUT2D eigenvalue weighted by Gasteiger charge is -2.45. The maximum absolute atomic E-state index is 3.73. The smallest absolute Gasteiger partial charge is 0.0117 e. The molecule has 2 aliphatic rings. The van der Waals surface area contributed by atoms with Crippen LogP contribution in [0.4, 0.5) is 0 Å². The van der Waals surface area contributed by atoms with E-state index in [-0.39, 0.29) is 0 Å². The maximum atomic E-state index is 3.73. The van der Waals surface area contributed by atoms with E-state index in [1.54, 1.807) is 0 Å². The first-order valence-electron chi connectivity index (χ1n) is 8.49. The molecule has 0 bridgehead atoms. The van der Waals surface area contributed by atoms with Crippen LogP contribution >= 0.6 is 0 Å². The Morgan fingerprint density at radius 3 is 2.42 bits per heavy atom. The zero-order valence-corrected chi connectivity index (χ0v) is 13.5. The van der Waals surface area contributed by atoms with Crippen LogP contribution in [0.15, 0.2) is 0 Å². The van der Waals surface area contributed by atoms with Crippen molar-refractivity contribution in [1.29, 1.82) is 0 Å². The van der Waals surface area contributed by atoms with Crippen molar-refractivity contribution in [3.05, 3.63) is 0 Å². The van der Waals surface area contributed by atoms with Crippen molar-refractivity contribution >= 4 is 0 Å². The summed E-state index contributed by atoms with van der Waals surface area (Å²) in [6.07, 6.45) is 8.28. The van der Waals surface area contributed by atoms with Crippen LogP contribution in [-0.2, 0) is 0 Å². The highest BCUT2D eigenvalue weighted by atomic mass is 15.2. The van der Waals surface area contributed by atoms with Crippen LogP contribution in [0.1, 0.15) is 66.2 Å². The van der Waals surface area contributed by atoms with Gasteiger partial charge in [0.05, 0.1) is 0 Å². The minimum atomic E-state index is 0.600. The van der Waals surface area contributed by atoms with Crippen molar-refractivity contribution in [2.45, 2.75) is 78.3 Å². The number of rotatable bonds is 4. The van der Waals surface area contributed by atoms with Gasteiger partial charge in [0.25, 0.3) is 0 Å². The molecular weight excluding hydrogens is 232 g/mol. The molecule has 0 radical (unpaired) electrons. The Bertz CT molecular complexity index is 264. The third kappa shape index (κ3) is 4.19. The van der Waals surface area contributed by atoms with Crippen molar-refractivity contribution in [3.63, 3.8) is 0 Å². The van der Waals surface area contributed by atoms with Crippen LogP contribution in [0.5, 0.6) is 0 Å². The lowest BCUT2D eigenvalue weighted by Crippen LogP contribution is -2.52. The molecule has 112 valence electrons. The predicted octanol–water partition coefficient (Wildman–Crippen LogP) is 3.67. The summed E-state index contributed by atoms with van der Waals surface area (Å²) in [5.74, 6) is 0.815. The van der Waals surface area contributed by atoms with E-state index in [9.17, 15) is 0 Å². The lowest BCUT2D eigenvalue weighted by atomic mass is 9.74. The minimum absolute atomic E-state index is 0.600. The number of hydrogen-bond acceptors (Lipinski definition) is 2. The first kappa shape index (κ1) is 15.3. The molecule has 1 N–H and O–H groups in total. The summed E-state index contributed by atoms with van der Waals surface area (Å²) in [4.78, 5) is 2.80. The van der Waals surface area contributed by atoms with Gasteiger partial charge in [0, 0.05) is 18.6 Å². The van der Waals surface area contributed by atoms with Crippen LogP contribution in [0.25, 0.3) is 0 Å². The Balaban J connectivity index is 1.78. The van der Waals surface area contributed by atoms with Crippen molar-refractivity contribution in [2.24, 2.45) is 11.3 Å². The van der Waals surface area contributed by atoms with Gasteiger partial charge in [-0.1, -0.05) is 27.7 Å². The zero-order chi connectivity index (χ0) is 13.9. The number of piperidine rings is 1. The summed E-state index contributed by atoms with van der Waals surface area (Å²) in [6, 6.07) is 1.64. The van der Waals surface area contributed by atoms with Crippen molar-refractivity contribution in [2.75, 3.05) is 19.6 Å². The Labute approximate surface area is 120 Å². The fourth-order valence-electron chi connectivity index (χ4n) is 3.89. The molecular formula is C17H34N2. The molecule has 1 saturated carbocycles. The van der Waals surface area contributed by atoms with E-state index in [4.69, 9.17) is 0 Å². The Kier molecular flexibility index (Phi) is 5.30. The molecule has 2 heteroatoms. The van der Waals surface area contributed by atoms with Gasteiger partial charge < -0.3 is 10.2 Å². The molecule has 1 saturated heterocycles. The number of likely N-dealkylation sites (tertiary alicyclic amines) is 1. The summed E-state index contributed by atoms with van der Waals surface area (Å²) in [5.41, 5.74) is 0.600. The molecule has 2 rings (SSSR count). The van der Waals surface area contributed by atoms with E-state index in [1.165, 1.54) is 58.2 Å². The monoisotopic (exact) mass is 266 g/mol. The zero-order valence-electron chi connectivity index (χ0n) is 13.5. The van der Waals surface area contributed by atoms with Crippen LogP contribution in [0.2, 0.25) is 0 Å². The van der Waals surface area contributed by atoms with E-state index in [0.29, 0.717) is 5.41 Å². The third-order valence-electron chi connectivity index (χ3n) is 5.42. The fourth-order valence-corrected chi connectivity index (χ4v) is 3.89. The largest absolute Gasteiger partial charge is 0.314 e. The quantitative estimate of drug-likeness (QED) is 0.835. The lowest BCUT2D eigenvalue weighted by molar-refractivity contribution is 0.0595. The van der Waals surface area contributed by atoms with E-state index >= 15 is 0 Å². The van der Waals surface area contributed by atoms with Gasteiger partial charge in [-0.3, -0.25) is 0 Å². The van der Waals surface area contributed by atoms with Gasteiger partial charge in [-0.25, -0.2) is 0 Å². The fraction of sp³-hybridized carbons (Fsp3) is 1.00. The average Bonchev–Trinajstić information content (AvgIpc) is 2.37. The van der Waals surface area contributed by atoms with E-state index < -0.39 is 0 Å². The minimum Gasteiger partial charge on any atom is -0.314 e. The highest BCUT2D eigenvalue weighted by Crippen LogP contribution is 2.37. The highest BCUT2D eigenvalue weighted by molar-refractivity contribution is 4.89. The third-order valence-corrected chi connectivity index (χ3v) is 5.42. The topological polar surface area (TPSA) is 15.3 Å². The van der Waals surface area contributed by atoms with Crippen molar-refractivity contribution in [3.8, 4) is 0 Å². The number of hydrogen-bond donors (Lipinski definition) is 1. The molecule has 19 heavy (non-hydrogen) atoms. The van der Waals surface area contributed by atoms with Crippen LogP contribution in [0.3, 0.4) is 0 Å². The normalized spacial score (nSPS) is 33.5. The van der Waals surface area contributed by atoms with Gasteiger partial charge in [-0.2, -0.15) is 0 Å². The molecule has 0 amide bonds. The van der Waals surface area contributed by atoms with Gasteiger partial charge in [-0.05, 0) is 62.9 Å². The van der Waals surface area contributed by atoms with Crippen molar-refractivity contribution < 1.29 is 0 Å². The second kappa shape index (κ2) is 6.58. The van der Waals surface area contributed by atoms with Crippen molar-refractivity contribution in [1.82, 2.24) is 10.2 Å². The first-order valence-corrected chi connectivity index (χ1v) is 8.49. The summed E-state index contributed by atoms with van der Waals surface area (Å²) < 4.78 is 0. The average molecular weight is 266 g/mol. The summed E-state index contributed by atoms with van der Waals surface area (Å²) in [6.45, 7) is 13.4. The van der Waals surface area contributed by atoms with Crippen LogP contribution in [0, 0.1) is 11.3 Å². The molecule has 0 aromatic rings. The maximum Gasteiger partial charge on any atom is 0.0117 e. The van der Waals surface area contributed by atoms with Gasteiger partial charge >= 0.3 is 0 Å². The first-order chi connectivity index (χ1) is 9.02. The van der Waals surface area contributed by atoms with Gasteiger partial charge in [-0.15, -0.1) is 0 Å². The van der Waals surface area contributed by atoms with Crippen LogP contribution < -0.4 is 5.32 Å². The summed E-state index contributed by atoms with van der Waals surface area (Å²) >= 11 is 0. The van der Waals surface area contributed by atoms with Crippen LogP contribution in [-0.4, -0.2) is 36.6 Å². The second-order valence-electron chi connectivity index (χ2n) is 7.72. The summed E-state index contributed by atoms with van der Waals surface area (Å²) in [5, 5.41) is 3.73. The molecule has 2 fully saturated rings. The SMILES string of the molecule is CCCNC1CCN(C2CCC(C)(C)CC2)CC1C. The molecule has 0 spiro atoms.